The van der Waals surface area contributed by atoms with Gasteiger partial charge in [0.2, 0.25) is 11.0 Å². The predicted molar refractivity (Wildman–Crippen MR) is 142 cm³/mol. The Morgan fingerprint density at radius 3 is 2.14 bits per heavy atom. The third-order valence-corrected chi connectivity index (χ3v) is 7.49. The van der Waals surface area contributed by atoms with Crippen LogP contribution in [0, 0.1) is 5.92 Å². The Bertz CT molecular complexity index is 1200. The first-order valence-electron chi connectivity index (χ1n) is 11.9. The third kappa shape index (κ3) is 5.89. The molecule has 0 bridgehead atoms. The molecule has 35 heavy (non-hydrogen) atoms. The number of carbonyl (C=O) groups is 1. The highest BCUT2D eigenvalue weighted by atomic mass is 35.5. The molecule has 1 saturated heterocycles. The minimum Gasteiger partial charge on any atom is -0.347 e. The van der Waals surface area contributed by atoms with Crippen LogP contribution in [0.15, 0.2) is 84.9 Å². The summed E-state index contributed by atoms with van der Waals surface area (Å²) >= 11 is 7.41. The number of benzene rings is 3. The lowest BCUT2D eigenvalue weighted by Gasteiger charge is -2.32. The number of piperidine rings is 1. The van der Waals surface area contributed by atoms with Gasteiger partial charge in [0.25, 0.3) is 0 Å². The predicted octanol–water partition coefficient (Wildman–Crippen LogP) is 5.90. The maximum atomic E-state index is 13.3. The van der Waals surface area contributed by atoms with Gasteiger partial charge >= 0.3 is 0 Å². The van der Waals surface area contributed by atoms with Crippen molar-refractivity contribution in [3.63, 3.8) is 0 Å². The Hall–Kier alpha value is -3.22. The highest BCUT2D eigenvalue weighted by molar-refractivity contribution is 7.09. The van der Waals surface area contributed by atoms with Crippen LogP contribution in [0.3, 0.4) is 0 Å². The number of carbonyl (C=O) groups excluding carboxylic acids is 1. The van der Waals surface area contributed by atoms with Gasteiger partial charge in [-0.05, 0) is 41.7 Å². The van der Waals surface area contributed by atoms with Gasteiger partial charge in [0.1, 0.15) is 5.82 Å². The average Bonchev–Trinajstić information content (AvgIpc) is 3.38. The van der Waals surface area contributed by atoms with E-state index in [1.807, 2.05) is 60.7 Å². The topological polar surface area (TPSA) is 58.1 Å². The Morgan fingerprint density at radius 1 is 0.943 bits per heavy atom. The second kappa shape index (κ2) is 11.0. The molecule has 0 atom stereocenters. The van der Waals surface area contributed by atoms with E-state index in [9.17, 15) is 4.79 Å². The molecule has 0 radical (unpaired) electrons. The molecule has 178 valence electrons. The quantitative estimate of drug-likeness (QED) is 0.341. The lowest BCUT2D eigenvalue weighted by atomic mass is 9.93. The van der Waals surface area contributed by atoms with E-state index in [4.69, 9.17) is 16.6 Å². The Labute approximate surface area is 215 Å². The van der Waals surface area contributed by atoms with Crippen molar-refractivity contribution >= 4 is 34.2 Å². The molecule has 4 aromatic rings. The van der Waals surface area contributed by atoms with Gasteiger partial charge in [-0.1, -0.05) is 84.4 Å². The minimum absolute atomic E-state index is 0.0115. The van der Waals surface area contributed by atoms with E-state index in [1.165, 1.54) is 11.5 Å². The first-order valence-corrected chi connectivity index (χ1v) is 13.0. The van der Waals surface area contributed by atoms with E-state index in [0.717, 1.165) is 58.6 Å². The molecule has 3 aromatic carbocycles. The summed E-state index contributed by atoms with van der Waals surface area (Å²) in [5.74, 6) is 0.923. The number of hydrogen-bond acceptors (Lipinski definition) is 5. The summed E-state index contributed by atoms with van der Waals surface area (Å²) in [6, 6.07) is 28.0. The number of hydrogen-bond donors (Lipinski definition) is 1. The minimum atomic E-state index is -0.151. The van der Waals surface area contributed by atoms with Crippen molar-refractivity contribution in [1.82, 2.24) is 14.7 Å². The number of amides is 1. The number of rotatable bonds is 7. The fourth-order valence-corrected chi connectivity index (χ4v) is 5.34. The van der Waals surface area contributed by atoms with Crippen LogP contribution in [0.4, 0.5) is 5.13 Å². The molecule has 1 fully saturated rings. The van der Waals surface area contributed by atoms with Crippen molar-refractivity contribution in [2.24, 2.45) is 5.92 Å². The molecule has 1 aromatic heterocycles. The summed E-state index contributed by atoms with van der Waals surface area (Å²) in [6.07, 6.45) is 2.29. The molecule has 7 heteroatoms. The van der Waals surface area contributed by atoms with Crippen LogP contribution >= 0.6 is 23.1 Å². The van der Waals surface area contributed by atoms with Gasteiger partial charge in [-0.2, -0.15) is 4.37 Å². The molecule has 1 aliphatic heterocycles. The van der Waals surface area contributed by atoms with Gasteiger partial charge in [-0.15, -0.1) is 0 Å². The van der Waals surface area contributed by atoms with Crippen LogP contribution in [0.2, 0.25) is 5.02 Å². The van der Waals surface area contributed by atoms with Crippen LogP contribution in [-0.4, -0.2) is 28.4 Å². The fraction of sp³-hybridized carbons (Fsp3) is 0.250. The average molecular weight is 503 g/mol. The lowest BCUT2D eigenvalue weighted by molar-refractivity contribution is -0.126. The van der Waals surface area contributed by atoms with Gasteiger partial charge in [0.05, 0.1) is 6.04 Å². The number of halogens is 1. The second-order valence-electron chi connectivity index (χ2n) is 8.82. The zero-order chi connectivity index (χ0) is 24.0. The van der Waals surface area contributed by atoms with Crippen molar-refractivity contribution in [2.75, 3.05) is 18.0 Å². The zero-order valence-corrected chi connectivity index (χ0v) is 20.9. The molecule has 2 heterocycles. The molecule has 1 N–H and O–H groups in total. The maximum Gasteiger partial charge on any atom is 0.223 e. The summed E-state index contributed by atoms with van der Waals surface area (Å²) < 4.78 is 4.55. The van der Waals surface area contributed by atoms with Crippen molar-refractivity contribution in [2.45, 2.75) is 25.3 Å². The number of aromatic nitrogens is 2. The Kier molecular flexibility index (Phi) is 7.40. The van der Waals surface area contributed by atoms with E-state index >= 15 is 0 Å². The smallest absolute Gasteiger partial charge is 0.223 e. The number of anilines is 1. The maximum absolute atomic E-state index is 13.3. The Morgan fingerprint density at radius 2 is 1.54 bits per heavy atom. The molecule has 5 rings (SSSR count). The Balaban J connectivity index is 1.19. The normalized spacial score (nSPS) is 14.3. The molecule has 5 nitrogen and oxygen atoms in total. The SMILES string of the molecule is O=C(NC(c1ccccc1)c1ccccc1)C1CCN(c2nc(Cc3ccc(Cl)cc3)ns2)CC1. The van der Waals surface area contributed by atoms with Crippen LogP contribution in [0.1, 0.15) is 41.4 Å². The summed E-state index contributed by atoms with van der Waals surface area (Å²) in [6.45, 7) is 1.60. The molecule has 1 amide bonds. The van der Waals surface area contributed by atoms with Crippen molar-refractivity contribution in [3.8, 4) is 0 Å². The van der Waals surface area contributed by atoms with Gasteiger partial charge in [0.15, 0.2) is 0 Å². The van der Waals surface area contributed by atoms with E-state index in [1.54, 1.807) is 0 Å². The molecule has 0 unspecified atom stereocenters. The molecule has 1 aliphatic rings. The first kappa shape index (κ1) is 23.5. The summed E-state index contributed by atoms with van der Waals surface area (Å²) in [5.41, 5.74) is 3.32. The summed E-state index contributed by atoms with van der Waals surface area (Å²) in [4.78, 5) is 20.3. The third-order valence-electron chi connectivity index (χ3n) is 6.42. The van der Waals surface area contributed by atoms with Gasteiger partial charge in [-0.25, -0.2) is 4.98 Å². The van der Waals surface area contributed by atoms with E-state index < -0.39 is 0 Å². The molecular weight excluding hydrogens is 476 g/mol. The summed E-state index contributed by atoms with van der Waals surface area (Å²) in [7, 11) is 0. The highest BCUT2D eigenvalue weighted by Gasteiger charge is 2.28. The summed E-state index contributed by atoms with van der Waals surface area (Å²) in [5, 5.41) is 4.98. The van der Waals surface area contributed by atoms with E-state index in [0.29, 0.717) is 6.42 Å². The van der Waals surface area contributed by atoms with Gasteiger partial charge < -0.3 is 10.2 Å². The van der Waals surface area contributed by atoms with Gasteiger partial charge in [0, 0.05) is 42.0 Å². The van der Waals surface area contributed by atoms with Crippen molar-refractivity contribution < 1.29 is 4.79 Å². The van der Waals surface area contributed by atoms with Crippen molar-refractivity contribution in [1.29, 1.82) is 0 Å². The van der Waals surface area contributed by atoms with Crippen LogP contribution in [-0.2, 0) is 11.2 Å². The highest BCUT2D eigenvalue weighted by Crippen LogP contribution is 2.28. The monoisotopic (exact) mass is 502 g/mol. The van der Waals surface area contributed by atoms with Crippen LogP contribution < -0.4 is 10.2 Å². The zero-order valence-electron chi connectivity index (χ0n) is 19.3. The molecule has 0 aliphatic carbocycles. The second-order valence-corrected chi connectivity index (χ2v) is 9.99. The largest absolute Gasteiger partial charge is 0.347 e. The fourth-order valence-electron chi connectivity index (χ4n) is 4.47. The standard InChI is InChI=1S/C28H27ClN4OS/c29-24-13-11-20(12-14-24)19-25-30-28(35-32-25)33-17-15-23(16-18-33)27(34)31-26(21-7-3-1-4-8-21)22-9-5-2-6-10-22/h1-14,23,26H,15-19H2,(H,31,34). The molecular formula is C28H27ClN4OS. The molecule has 0 saturated carbocycles. The first-order chi connectivity index (χ1) is 17.2. The van der Waals surface area contributed by atoms with E-state index in [-0.39, 0.29) is 17.9 Å². The van der Waals surface area contributed by atoms with Crippen LogP contribution in [0.25, 0.3) is 0 Å². The van der Waals surface area contributed by atoms with Gasteiger partial charge in [-0.3, -0.25) is 4.79 Å². The molecule has 0 spiro atoms. The van der Waals surface area contributed by atoms with E-state index in [2.05, 4.69) is 38.9 Å². The van der Waals surface area contributed by atoms with Crippen molar-refractivity contribution in [3.05, 3.63) is 112 Å². The number of nitrogens with one attached hydrogen (secondary N) is 1. The van der Waals surface area contributed by atoms with Crippen LogP contribution in [0.5, 0.6) is 0 Å². The lowest BCUT2D eigenvalue weighted by Crippen LogP contribution is -2.41. The number of nitrogens with zero attached hydrogens (tertiary/aromatic N) is 3.